The largest absolute Gasteiger partial charge is 0.378 e. The van der Waals surface area contributed by atoms with Crippen LogP contribution >= 0.6 is 22.6 Å². The molecule has 1 atom stereocenters. The SMILES string of the molecule is CC(Nc1cc(F)c(F)c(F)c1)c1ccc(I)cc1. The third-order valence-electron chi connectivity index (χ3n) is 2.74. The second kappa shape index (κ2) is 5.81. The molecule has 2 aromatic carbocycles. The van der Waals surface area contributed by atoms with E-state index in [1.165, 1.54) is 0 Å². The van der Waals surface area contributed by atoms with Crippen molar-refractivity contribution in [2.45, 2.75) is 13.0 Å². The Labute approximate surface area is 123 Å². The topological polar surface area (TPSA) is 12.0 Å². The third kappa shape index (κ3) is 3.40. The molecule has 2 rings (SSSR count). The maximum Gasteiger partial charge on any atom is 0.194 e. The van der Waals surface area contributed by atoms with Crippen molar-refractivity contribution in [1.82, 2.24) is 0 Å². The summed E-state index contributed by atoms with van der Waals surface area (Å²) in [5.74, 6) is -3.85. The third-order valence-corrected chi connectivity index (χ3v) is 3.46. The lowest BCUT2D eigenvalue weighted by Crippen LogP contribution is -2.07. The van der Waals surface area contributed by atoms with Gasteiger partial charge in [0.05, 0.1) is 0 Å². The molecule has 0 aliphatic heterocycles. The highest BCUT2D eigenvalue weighted by Gasteiger charge is 2.12. The smallest absolute Gasteiger partial charge is 0.194 e. The average molecular weight is 377 g/mol. The van der Waals surface area contributed by atoms with Crippen molar-refractivity contribution in [3.63, 3.8) is 0 Å². The summed E-state index contributed by atoms with van der Waals surface area (Å²) < 4.78 is 40.1. The Morgan fingerprint density at radius 3 is 2.05 bits per heavy atom. The number of rotatable bonds is 3. The Morgan fingerprint density at radius 2 is 1.53 bits per heavy atom. The molecule has 0 aliphatic rings. The van der Waals surface area contributed by atoms with Crippen molar-refractivity contribution < 1.29 is 13.2 Å². The van der Waals surface area contributed by atoms with Gasteiger partial charge >= 0.3 is 0 Å². The number of halogens is 4. The summed E-state index contributed by atoms with van der Waals surface area (Å²) in [7, 11) is 0. The Bertz CT molecular complexity index is 561. The monoisotopic (exact) mass is 377 g/mol. The second-order valence-corrected chi connectivity index (χ2v) is 5.42. The molecule has 5 heteroatoms. The molecular formula is C14H11F3IN. The molecule has 0 heterocycles. The van der Waals surface area contributed by atoms with Gasteiger partial charge in [-0.2, -0.15) is 0 Å². The minimum absolute atomic E-state index is 0.138. The van der Waals surface area contributed by atoms with Crippen LogP contribution in [0.15, 0.2) is 36.4 Å². The Balaban J connectivity index is 2.19. The molecule has 2 aromatic rings. The van der Waals surface area contributed by atoms with Gasteiger partial charge in [-0.3, -0.25) is 0 Å². The fraction of sp³-hybridized carbons (Fsp3) is 0.143. The van der Waals surface area contributed by atoms with Gasteiger partial charge in [-0.05, 0) is 47.2 Å². The van der Waals surface area contributed by atoms with Crippen molar-refractivity contribution in [3.05, 3.63) is 63.0 Å². The zero-order chi connectivity index (χ0) is 14.0. The zero-order valence-electron chi connectivity index (χ0n) is 10.1. The number of hydrogen-bond acceptors (Lipinski definition) is 1. The summed E-state index contributed by atoms with van der Waals surface area (Å²) in [5, 5.41) is 2.94. The lowest BCUT2D eigenvalue weighted by molar-refractivity contribution is 0.447. The van der Waals surface area contributed by atoms with Crippen LogP contribution in [0.3, 0.4) is 0 Å². The molecule has 0 spiro atoms. The van der Waals surface area contributed by atoms with Gasteiger partial charge in [-0.1, -0.05) is 12.1 Å². The number of hydrogen-bond donors (Lipinski definition) is 1. The van der Waals surface area contributed by atoms with Gasteiger partial charge < -0.3 is 5.32 Å². The fourth-order valence-corrected chi connectivity index (χ4v) is 2.08. The molecule has 19 heavy (non-hydrogen) atoms. The first-order valence-electron chi connectivity index (χ1n) is 5.64. The van der Waals surface area contributed by atoms with Gasteiger partial charge in [0.1, 0.15) is 0 Å². The molecule has 0 bridgehead atoms. The van der Waals surface area contributed by atoms with Gasteiger partial charge in [-0.15, -0.1) is 0 Å². The van der Waals surface area contributed by atoms with E-state index >= 15 is 0 Å². The molecule has 0 saturated heterocycles. The highest BCUT2D eigenvalue weighted by atomic mass is 127. The van der Waals surface area contributed by atoms with Crippen LogP contribution in [-0.4, -0.2) is 0 Å². The van der Waals surface area contributed by atoms with Crippen LogP contribution in [0.5, 0.6) is 0 Å². The van der Waals surface area contributed by atoms with Crippen molar-refractivity contribution >= 4 is 28.3 Å². The highest BCUT2D eigenvalue weighted by molar-refractivity contribution is 14.1. The van der Waals surface area contributed by atoms with Crippen LogP contribution in [0, 0.1) is 21.0 Å². The second-order valence-electron chi connectivity index (χ2n) is 4.17. The number of benzene rings is 2. The predicted octanol–water partition coefficient (Wildman–Crippen LogP) is 4.88. The van der Waals surface area contributed by atoms with Crippen LogP contribution in [0.25, 0.3) is 0 Å². The standard InChI is InChI=1S/C14H11F3IN/c1-8(9-2-4-10(18)5-3-9)19-11-6-12(15)14(17)13(16)7-11/h2-8,19H,1H3. The molecule has 1 nitrogen and oxygen atoms in total. The van der Waals surface area contributed by atoms with Gasteiger partial charge in [0.2, 0.25) is 0 Å². The first kappa shape index (κ1) is 14.2. The van der Waals surface area contributed by atoms with E-state index in [1.54, 1.807) is 0 Å². The summed E-state index contributed by atoms with van der Waals surface area (Å²) in [6, 6.07) is 9.50. The van der Waals surface area contributed by atoms with Crippen LogP contribution in [-0.2, 0) is 0 Å². The van der Waals surface area contributed by atoms with Crippen LogP contribution in [0.1, 0.15) is 18.5 Å². The number of anilines is 1. The van der Waals surface area contributed by atoms with E-state index in [0.29, 0.717) is 0 Å². The minimum Gasteiger partial charge on any atom is -0.378 e. The molecule has 0 saturated carbocycles. The molecule has 1 N–H and O–H groups in total. The highest BCUT2D eigenvalue weighted by Crippen LogP contribution is 2.23. The molecule has 0 fully saturated rings. The molecule has 0 radical (unpaired) electrons. The van der Waals surface area contributed by atoms with Crippen LogP contribution in [0.4, 0.5) is 18.9 Å². The van der Waals surface area contributed by atoms with Crippen molar-refractivity contribution in [2.75, 3.05) is 5.32 Å². The lowest BCUT2D eigenvalue weighted by atomic mass is 10.1. The summed E-state index contributed by atoms with van der Waals surface area (Å²) in [6.07, 6.45) is 0. The summed E-state index contributed by atoms with van der Waals surface area (Å²) in [4.78, 5) is 0. The summed E-state index contributed by atoms with van der Waals surface area (Å²) >= 11 is 2.19. The van der Waals surface area contributed by atoms with Crippen LogP contribution in [0.2, 0.25) is 0 Å². The van der Waals surface area contributed by atoms with E-state index in [2.05, 4.69) is 27.9 Å². The van der Waals surface area contributed by atoms with Crippen molar-refractivity contribution in [2.24, 2.45) is 0 Å². The summed E-state index contributed by atoms with van der Waals surface area (Å²) in [5.41, 5.74) is 1.19. The van der Waals surface area contributed by atoms with E-state index in [1.807, 2.05) is 31.2 Å². The maximum absolute atomic E-state index is 13.1. The zero-order valence-corrected chi connectivity index (χ0v) is 12.2. The Morgan fingerprint density at radius 1 is 1.00 bits per heavy atom. The van der Waals surface area contributed by atoms with E-state index in [9.17, 15) is 13.2 Å². The van der Waals surface area contributed by atoms with E-state index in [4.69, 9.17) is 0 Å². The molecule has 100 valence electrons. The van der Waals surface area contributed by atoms with E-state index < -0.39 is 17.5 Å². The van der Waals surface area contributed by atoms with Gasteiger partial charge in [-0.25, -0.2) is 13.2 Å². The van der Waals surface area contributed by atoms with E-state index in [0.717, 1.165) is 21.3 Å². The normalized spacial score (nSPS) is 12.3. The minimum atomic E-state index is -1.45. The predicted molar refractivity (Wildman–Crippen MR) is 77.5 cm³/mol. The van der Waals surface area contributed by atoms with Crippen LogP contribution < -0.4 is 5.32 Å². The average Bonchev–Trinajstić information content (AvgIpc) is 2.36. The summed E-state index contributed by atoms with van der Waals surface area (Å²) in [6.45, 7) is 1.86. The lowest BCUT2D eigenvalue weighted by Gasteiger charge is -2.16. The fourth-order valence-electron chi connectivity index (χ4n) is 1.72. The van der Waals surface area contributed by atoms with Gasteiger partial charge in [0.25, 0.3) is 0 Å². The molecule has 0 amide bonds. The maximum atomic E-state index is 13.1. The molecule has 0 aliphatic carbocycles. The van der Waals surface area contributed by atoms with Crippen molar-refractivity contribution in [3.8, 4) is 0 Å². The first-order chi connectivity index (χ1) is 8.97. The first-order valence-corrected chi connectivity index (χ1v) is 6.72. The Kier molecular flexibility index (Phi) is 4.34. The molecule has 1 unspecified atom stereocenters. The molecule has 0 aromatic heterocycles. The van der Waals surface area contributed by atoms with E-state index in [-0.39, 0.29) is 11.7 Å². The molecular weight excluding hydrogens is 366 g/mol. The van der Waals surface area contributed by atoms with Gasteiger partial charge in [0.15, 0.2) is 17.5 Å². The quantitative estimate of drug-likeness (QED) is 0.594. The van der Waals surface area contributed by atoms with Gasteiger partial charge in [0, 0.05) is 27.4 Å². The Hall–Kier alpha value is -1.24. The number of nitrogens with one attached hydrogen (secondary N) is 1. The van der Waals surface area contributed by atoms with Crippen molar-refractivity contribution in [1.29, 1.82) is 0 Å².